The molecule has 4 aromatic rings. The molecular formula is C21H17ClN6O3S. The first-order valence-corrected chi connectivity index (χ1v) is 11.2. The Morgan fingerprint density at radius 1 is 1.03 bits per heavy atom. The number of para-hydroxylation sites is 1. The summed E-state index contributed by atoms with van der Waals surface area (Å²) in [6.07, 6.45) is 1.43. The maximum atomic E-state index is 13.1. The van der Waals surface area contributed by atoms with Crippen LogP contribution in [0.3, 0.4) is 0 Å². The number of rotatable bonds is 6. The summed E-state index contributed by atoms with van der Waals surface area (Å²) in [5, 5.41) is 13.8. The SMILES string of the molecule is CN(c1ccccc1)S(=O)(=O)c1ccc(Cl)c(C(=O)Nc2cccc(-n3cnnn3)c2)c1. The van der Waals surface area contributed by atoms with Gasteiger partial charge >= 0.3 is 0 Å². The summed E-state index contributed by atoms with van der Waals surface area (Å²) < 4.78 is 28.8. The van der Waals surface area contributed by atoms with Gasteiger partial charge < -0.3 is 5.32 Å². The van der Waals surface area contributed by atoms with Gasteiger partial charge in [-0.05, 0) is 59.0 Å². The van der Waals surface area contributed by atoms with E-state index in [-0.39, 0.29) is 15.5 Å². The van der Waals surface area contributed by atoms with Crippen LogP contribution in [0.15, 0.2) is 84.0 Å². The summed E-state index contributed by atoms with van der Waals surface area (Å²) in [6, 6.07) is 19.5. The van der Waals surface area contributed by atoms with Gasteiger partial charge in [0.1, 0.15) is 6.33 Å². The number of nitrogens with one attached hydrogen (secondary N) is 1. The normalized spacial score (nSPS) is 11.2. The third kappa shape index (κ3) is 4.32. The van der Waals surface area contributed by atoms with E-state index < -0.39 is 15.9 Å². The van der Waals surface area contributed by atoms with Crippen LogP contribution >= 0.6 is 11.6 Å². The van der Waals surface area contributed by atoms with E-state index in [9.17, 15) is 13.2 Å². The fourth-order valence-electron chi connectivity index (χ4n) is 2.98. The molecule has 0 saturated heterocycles. The Morgan fingerprint density at radius 3 is 2.53 bits per heavy atom. The third-order valence-electron chi connectivity index (χ3n) is 4.68. The number of halogens is 1. The largest absolute Gasteiger partial charge is 0.322 e. The molecule has 162 valence electrons. The van der Waals surface area contributed by atoms with Crippen molar-refractivity contribution in [2.45, 2.75) is 4.90 Å². The second-order valence-electron chi connectivity index (χ2n) is 6.71. The maximum Gasteiger partial charge on any atom is 0.264 e. The summed E-state index contributed by atoms with van der Waals surface area (Å²) in [6.45, 7) is 0. The van der Waals surface area contributed by atoms with Crippen LogP contribution in [0.5, 0.6) is 0 Å². The Balaban J connectivity index is 1.62. The van der Waals surface area contributed by atoms with Crippen molar-refractivity contribution in [1.29, 1.82) is 0 Å². The van der Waals surface area contributed by atoms with Crippen molar-refractivity contribution < 1.29 is 13.2 Å². The summed E-state index contributed by atoms with van der Waals surface area (Å²) in [5.74, 6) is -0.553. The second kappa shape index (κ2) is 8.77. The summed E-state index contributed by atoms with van der Waals surface area (Å²) in [5.41, 5.74) is 1.63. The highest BCUT2D eigenvalue weighted by Crippen LogP contribution is 2.26. The molecule has 0 atom stereocenters. The lowest BCUT2D eigenvalue weighted by molar-refractivity contribution is 0.102. The molecule has 4 rings (SSSR count). The topological polar surface area (TPSA) is 110 Å². The molecule has 9 nitrogen and oxygen atoms in total. The van der Waals surface area contributed by atoms with Crippen LogP contribution in [0.2, 0.25) is 5.02 Å². The van der Waals surface area contributed by atoms with Crippen LogP contribution in [0.1, 0.15) is 10.4 Å². The standard InChI is InChI=1S/C21H17ClN6O3S/c1-27(16-7-3-2-4-8-16)32(30,31)18-10-11-20(22)19(13-18)21(29)24-15-6-5-9-17(12-15)28-14-23-25-26-28/h2-14H,1H3,(H,24,29). The van der Waals surface area contributed by atoms with Gasteiger partial charge in [-0.1, -0.05) is 35.9 Å². The van der Waals surface area contributed by atoms with Crippen molar-refractivity contribution in [3.63, 3.8) is 0 Å². The zero-order valence-electron chi connectivity index (χ0n) is 16.8. The Kier molecular flexibility index (Phi) is 5.89. The number of anilines is 2. The van der Waals surface area contributed by atoms with Crippen molar-refractivity contribution >= 4 is 38.9 Å². The average molecular weight is 469 g/mol. The first-order valence-electron chi connectivity index (χ1n) is 9.34. The highest BCUT2D eigenvalue weighted by Gasteiger charge is 2.24. The molecule has 0 radical (unpaired) electrons. The number of carbonyl (C=O) groups is 1. The minimum atomic E-state index is -3.90. The number of aromatic nitrogens is 4. The molecule has 32 heavy (non-hydrogen) atoms. The van der Waals surface area contributed by atoms with Gasteiger partial charge in [-0.15, -0.1) is 5.10 Å². The van der Waals surface area contributed by atoms with E-state index in [1.807, 2.05) is 0 Å². The number of tetrazole rings is 1. The molecule has 0 fully saturated rings. The third-order valence-corrected chi connectivity index (χ3v) is 6.79. The lowest BCUT2D eigenvalue weighted by Gasteiger charge is -2.20. The number of hydrogen-bond acceptors (Lipinski definition) is 6. The first kappa shape index (κ1) is 21.5. The average Bonchev–Trinajstić information content (AvgIpc) is 3.34. The van der Waals surface area contributed by atoms with E-state index in [0.29, 0.717) is 17.1 Å². The van der Waals surface area contributed by atoms with E-state index in [1.165, 1.54) is 36.3 Å². The highest BCUT2D eigenvalue weighted by atomic mass is 35.5. The minimum absolute atomic E-state index is 0.0297. The van der Waals surface area contributed by atoms with Crippen molar-refractivity contribution in [3.05, 3.63) is 89.7 Å². The van der Waals surface area contributed by atoms with Gasteiger partial charge in [0.25, 0.3) is 15.9 Å². The summed E-state index contributed by atoms with van der Waals surface area (Å²) >= 11 is 6.22. The van der Waals surface area contributed by atoms with Crippen LogP contribution in [-0.4, -0.2) is 41.6 Å². The van der Waals surface area contributed by atoms with Crippen LogP contribution in [-0.2, 0) is 10.0 Å². The number of carbonyl (C=O) groups excluding carboxylic acids is 1. The Morgan fingerprint density at radius 2 is 1.81 bits per heavy atom. The van der Waals surface area contributed by atoms with Gasteiger partial charge in [-0.25, -0.2) is 13.1 Å². The number of hydrogen-bond donors (Lipinski definition) is 1. The molecule has 0 spiro atoms. The molecule has 0 aliphatic heterocycles. The summed E-state index contributed by atoms with van der Waals surface area (Å²) in [4.78, 5) is 12.8. The van der Waals surface area contributed by atoms with Crippen molar-refractivity contribution in [1.82, 2.24) is 20.2 Å². The Bertz CT molecular complexity index is 1360. The Labute approximate surface area is 189 Å². The fourth-order valence-corrected chi connectivity index (χ4v) is 4.40. The molecule has 1 aromatic heterocycles. The van der Waals surface area contributed by atoms with Gasteiger partial charge in [-0.2, -0.15) is 0 Å². The molecule has 3 aromatic carbocycles. The van der Waals surface area contributed by atoms with Gasteiger partial charge in [0.15, 0.2) is 0 Å². The molecule has 1 amide bonds. The second-order valence-corrected chi connectivity index (χ2v) is 9.09. The van der Waals surface area contributed by atoms with Crippen LogP contribution < -0.4 is 9.62 Å². The maximum absolute atomic E-state index is 13.1. The van der Waals surface area contributed by atoms with E-state index >= 15 is 0 Å². The lowest BCUT2D eigenvalue weighted by Crippen LogP contribution is -2.27. The first-order chi connectivity index (χ1) is 15.4. The Hall–Kier alpha value is -3.76. The van der Waals surface area contributed by atoms with Crippen LogP contribution in [0.4, 0.5) is 11.4 Å². The van der Waals surface area contributed by atoms with Gasteiger partial charge in [-0.3, -0.25) is 9.10 Å². The lowest BCUT2D eigenvalue weighted by atomic mass is 10.2. The zero-order chi connectivity index (χ0) is 22.7. The van der Waals surface area contributed by atoms with Gasteiger partial charge in [0, 0.05) is 12.7 Å². The molecule has 0 unspecified atom stereocenters. The number of sulfonamides is 1. The van der Waals surface area contributed by atoms with E-state index in [4.69, 9.17) is 11.6 Å². The zero-order valence-corrected chi connectivity index (χ0v) is 18.3. The molecule has 1 N–H and O–H groups in total. The van der Waals surface area contributed by atoms with Crippen molar-refractivity contribution in [3.8, 4) is 5.69 Å². The number of nitrogens with zero attached hydrogens (tertiary/aromatic N) is 5. The number of amides is 1. The molecule has 0 saturated carbocycles. The van der Waals surface area contributed by atoms with Crippen molar-refractivity contribution in [2.75, 3.05) is 16.7 Å². The van der Waals surface area contributed by atoms with Gasteiger partial charge in [0.2, 0.25) is 0 Å². The summed E-state index contributed by atoms with van der Waals surface area (Å²) in [7, 11) is -2.46. The van der Waals surface area contributed by atoms with E-state index in [1.54, 1.807) is 54.6 Å². The smallest absolute Gasteiger partial charge is 0.264 e. The van der Waals surface area contributed by atoms with Crippen LogP contribution in [0, 0.1) is 0 Å². The molecule has 0 bridgehead atoms. The van der Waals surface area contributed by atoms with E-state index in [0.717, 1.165) is 4.31 Å². The predicted octanol–water partition coefficient (Wildman–Crippen LogP) is 3.39. The molecule has 0 aliphatic rings. The quantitative estimate of drug-likeness (QED) is 0.464. The minimum Gasteiger partial charge on any atom is -0.322 e. The van der Waals surface area contributed by atoms with Gasteiger partial charge in [0.05, 0.1) is 26.9 Å². The molecule has 11 heteroatoms. The molecule has 0 aliphatic carbocycles. The highest BCUT2D eigenvalue weighted by molar-refractivity contribution is 7.92. The monoisotopic (exact) mass is 468 g/mol. The predicted molar refractivity (Wildman–Crippen MR) is 121 cm³/mol. The van der Waals surface area contributed by atoms with Crippen LogP contribution in [0.25, 0.3) is 5.69 Å². The van der Waals surface area contributed by atoms with E-state index in [2.05, 4.69) is 20.8 Å². The fraction of sp³-hybridized carbons (Fsp3) is 0.0476. The van der Waals surface area contributed by atoms with Crippen molar-refractivity contribution in [2.24, 2.45) is 0 Å². The molecular weight excluding hydrogens is 452 g/mol. The molecule has 1 heterocycles. The number of benzene rings is 3.